The van der Waals surface area contributed by atoms with Crippen LogP contribution in [0.15, 0.2) is 24.4 Å². The van der Waals surface area contributed by atoms with E-state index in [2.05, 4.69) is 24.1 Å². The van der Waals surface area contributed by atoms with E-state index in [9.17, 15) is 4.79 Å². The Morgan fingerprint density at radius 2 is 2.28 bits per heavy atom. The molecule has 0 aliphatic carbocycles. The lowest BCUT2D eigenvalue weighted by molar-refractivity contribution is -0.125. The molecule has 3 rings (SSSR count). The van der Waals surface area contributed by atoms with Crippen LogP contribution in [-0.2, 0) is 4.79 Å². The molecule has 0 bridgehead atoms. The van der Waals surface area contributed by atoms with Crippen LogP contribution in [0.25, 0.3) is 0 Å². The van der Waals surface area contributed by atoms with Gasteiger partial charge in [0.1, 0.15) is 5.82 Å². The highest BCUT2D eigenvalue weighted by Gasteiger charge is 2.54. The molecule has 96 valence electrons. The standard InChI is InChI=1S/C14H19N3O/c1-14(2)10-6-8-15-9-11(10)17(13(14)18)12-5-3-4-7-16-12/h3-5,7,10-11,15H,6,8-9H2,1-2H3. The third-order valence-electron chi connectivity index (χ3n) is 4.37. The van der Waals surface area contributed by atoms with Gasteiger partial charge in [-0.05, 0) is 31.0 Å². The second-order valence-electron chi connectivity index (χ2n) is 5.75. The minimum Gasteiger partial charge on any atom is -0.315 e. The molecule has 1 amide bonds. The van der Waals surface area contributed by atoms with E-state index < -0.39 is 0 Å². The lowest BCUT2D eigenvalue weighted by atomic mass is 9.75. The van der Waals surface area contributed by atoms with Crippen LogP contribution in [0.2, 0.25) is 0 Å². The number of anilines is 1. The van der Waals surface area contributed by atoms with E-state index in [0.29, 0.717) is 5.92 Å². The quantitative estimate of drug-likeness (QED) is 0.814. The van der Waals surface area contributed by atoms with E-state index in [1.54, 1.807) is 6.20 Å². The van der Waals surface area contributed by atoms with E-state index in [-0.39, 0.29) is 17.4 Å². The van der Waals surface area contributed by atoms with Gasteiger partial charge in [0.05, 0.1) is 6.04 Å². The van der Waals surface area contributed by atoms with Crippen LogP contribution < -0.4 is 10.2 Å². The molecule has 2 aliphatic rings. The molecular formula is C14H19N3O. The lowest BCUT2D eigenvalue weighted by Gasteiger charge is -2.33. The summed E-state index contributed by atoms with van der Waals surface area (Å²) in [4.78, 5) is 18.9. The zero-order chi connectivity index (χ0) is 12.8. The predicted molar refractivity (Wildman–Crippen MR) is 70.3 cm³/mol. The highest BCUT2D eigenvalue weighted by Crippen LogP contribution is 2.45. The molecule has 4 heteroatoms. The Labute approximate surface area is 107 Å². The Bertz CT molecular complexity index is 457. The van der Waals surface area contributed by atoms with Crippen LogP contribution in [0.1, 0.15) is 20.3 Å². The highest BCUT2D eigenvalue weighted by atomic mass is 16.2. The van der Waals surface area contributed by atoms with Crippen LogP contribution in [0.5, 0.6) is 0 Å². The van der Waals surface area contributed by atoms with E-state index in [4.69, 9.17) is 0 Å². The first kappa shape index (κ1) is 11.7. The summed E-state index contributed by atoms with van der Waals surface area (Å²) >= 11 is 0. The van der Waals surface area contributed by atoms with Crippen molar-refractivity contribution in [1.82, 2.24) is 10.3 Å². The van der Waals surface area contributed by atoms with Crippen molar-refractivity contribution in [3.8, 4) is 0 Å². The third kappa shape index (κ3) is 1.56. The van der Waals surface area contributed by atoms with Gasteiger partial charge in [-0.1, -0.05) is 19.9 Å². The first-order valence-electron chi connectivity index (χ1n) is 6.58. The summed E-state index contributed by atoms with van der Waals surface area (Å²) in [5.41, 5.74) is -0.274. The number of aromatic nitrogens is 1. The maximum Gasteiger partial charge on any atom is 0.234 e. The van der Waals surface area contributed by atoms with Gasteiger partial charge in [0.25, 0.3) is 0 Å². The van der Waals surface area contributed by atoms with Gasteiger partial charge in [0, 0.05) is 18.2 Å². The molecule has 0 aromatic carbocycles. The fourth-order valence-corrected chi connectivity index (χ4v) is 3.35. The minimum atomic E-state index is -0.274. The maximum absolute atomic E-state index is 12.7. The summed E-state index contributed by atoms with van der Waals surface area (Å²) in [5, 5.41) is 3.39. The molecule has 2 aliphatic heterocycles. The number of carbonyl (C=O) groups is 1. The van der Waals surface area contributed by atoms with E-state index in [1.165, 1.54) is 0 Å². The number of nitrogens with one attached hydrogen (secondary N) is 1. The van der Waals surface area contributed by atoms with Gasteiger partial charge < -0.3 is 5.32 Å². The Balaban J connectivity index is 2.02. The van der Waals surface area contributed by atoms with Gasteiger partial charge in [-0.25, -0.2) is 4.98 Å². The van der Waals surface area contributed by atoms with Crippen LogP contribution >= 0.6 is 0 Å². The molecule has 2 saturated heterocycles. The number of nitrogens with zero attached hydrogens (tertiary/aromatic N) is 2. The monoisotopic (exact) mass is 245 g/mol. The van der Waals surface area contributed by atoms with Crippen LogP contribution in [-0.4, -0.2) is 30.0 Å². The maximum atomic E-state index is 12.7. The number of hydrogen-bond acceptors (Lipinski definition) is 3. The Hall–Kier alpha value is -1.42. The first-order valence-corrected chi connectivity index (χ1v) is 6.58. The van der Waals surface area contributed by atoms with Gasteiger partial charge in [-0.15, -0.1) is 0 Å². The second kappa shape index (κ2) is 4.05. The molecule has 0 radical (unpaired) electrons. The number of fused-ring (bicyclic) bond motifs is 1. The molecule has 1 aromatic rings. The normalized spacial score (nSPS) is 30.3. The summed E-state index contributed by atoms with van der Waals surface area (Å²) in [5.74, 6) is 1.42. The number of carbonyl (C=O) groups excluding carboxylic acids is 1. The minimum absolute atomic E-state index is 0.208. The highest BCUT2D eigenvalue weighted by molar-refractivity contribution is 6.00. The van der Waals surface area contributed by atoms with Crippen molar-refractivity contribution in [1.29, 1.82) is 0 Å². The third-order valence-corrected chi connectivity index (χ3v) is 4.37. The van der Waals surface area contributed by atoms with Crippen molar-refractivity contribution in [3.05, 3.63) is 24.4 Å². The number of amides is 1. The summed E-state index contributed by atoms with van der Waals surface area (Å²) < 4.78 is 0. The van der Waals surface area contributed by atoms with Crippen molar-refractivity contribution in [2.45, 2.75) is 26.3 Å². The molecule has 1 aromatic heterocycles. The molecule has 0 spiro atoms. The van der Waals surface area contributed by atoms with Gasteiger partial charge in [-0.2, -0.15) is 0 Å². The fraction of sp³-hybridized carbons (Fsp3) is 0.571. The molecule has 1 N–H and O–H groups in total. The summed E-state index contributed by atoms with van der Waals surface area (Å²) in [7, 11) is 0. The number of piperidine rings is 1. The average molecular weight is 245 g/mol. The summed E-state index contributed by atoms with van der Waals surface area (Å²) in [6, 6.07) is 5.99. The van der Waals surface area contributed by atoms with Gasteiger partial charge in [0.2, 0.25) is 5.91 Å². The van der Waals surface area contributed by atoms with Crippen molar-refractivity contribution >= 4 is 11.7 Å². The van der Waals surface area contributed by atoms with Crippen molar-refractivity contribution in [2.75, 3.05) is 18.0 Å². The van der Waals surface area contributed by atoms with Crippen molar-refractivity contribution in [2.24, 2.45) is 11.3 Å². The summed E-state index contributed by atoms with van der Waals surface area (Å²) in [6.07, 6.45) is 2.81. The smallest absolute Gasteiger partial charge is 0.234 e. The lowest BCUT2D eigenvalue weighted by Crippen LogP contribution is -2.47. The topological polar surface area (TPSA) is 45.2 Å². The second-order valence-corrected chi connectivity index (χ2v) is 5.75. The van der Waals surface area contributed by atoms with Crippen LogP contribution in [0.4, 0.5) is 5.82 Å². The van der Waals surface area contributed by atoms with Crippen LogP contribution in [0.3, 0.4) is 0 Å². The van der Waals surface area contributed by atoms with Crippen LogP contribution in [0, 0.1) is 11.3 Å². The van der Waals surface area contributed by atoms with Gasteiger partial charge in [0.15, 0.2) is 0 Å². The van der Waals surface area contributed by atoms with Gasteiger partial charge in [-0.3, -0.25) is 9.69 Å². The molecular weight excluding hydrogens is 226 g/mol. The first-order chi connectivity index (χ1) is 8.62. The molecule has 2 atom stereocenters. The molecule has 2 unspecified atom stereocenters. The average Bonchev–Trinajstić information content (AvgIpc) is 2.60. The Kier molecular flexibility index (Phi) is 2.63. The van der Waals surface area contributed by atoms with Gasteiger partial charge >= 0.3 is 0 Å². The van der Waals surface area contributed by atoms with Crippen molar-refractivity contribution in [3.63, 3.8) is 0 Å². The largest absolute Gasteiger partial charge is 0.315 e. The predicted octanol–water partition coefficient (Wildman–Crippen LogP) is 1.43. The SMILES string of the molecule is CC1(C)C(=O)N(c2ccccn2)C2CNCCC21. The molecule has 2 fully saturated rings. The number of pyridine rings is 1. The summed E-state index contributed by atoms with van der Waals surface area (Å²) in [6.45, 7) is 6.02. The fourth-order valence-electron chi connectivity index (χ4n) is 3.35. The molecule has 3 heterocycles. The molecule has 4 nitrogen and oxygen atoms in total. The molecule has 18 heavy (non-hydrogen) atoms. The number of hydrogen-bond donors (Lipinski definition) is 1. The molecule has 0 saturated carbocycles. The van der Waals surface area contributed by atoms with E-state index in [1.807, 2.05) is 23.1 Å². The zero-order valence-corrected chi connectivity index (χ0v) is 10.9. The number of rotatable bonds is 1. The Morgan fingerprint density at radius 1 is 1.44 bits per heavy atom. The Morgan fingerprint density at radius 3 is 3.00 bits per heavy atom. The van der Waals surface area contributed by atoms with E-state index in [0.717, 1.165) is 25.3 Å². The van der Waals surface area contributed by atoms with Crippen molar-refractivity contribution < 1.29 is 4.79 Å². The van der Waals surface area contributed by atoms with E-state index >= 15 is 0 Å². The zero-order valence-electron chi connectivity index (χ0n) is 10.9.